The molecular formula is C26H21Cl2FN6O3S. The first-order valence-corrected chi connectivity index (χ1v) is 14.3. The predicted octanol–water partition coefficient (Wildman–Crippen LogP) is 5.76. The fraction of sp³-hybridized carbons (Fsp3) is 0.192. The number of nitrogens with one attached hydrogen (secondary N) is 1. The normalized spacial score (nSPS) is 15.2. The van der Waals surface area contributed by atoms with Gasteiger partial charge in [-0.3, -0.25) is 4.40 Å². The van der Waals surface area contributed by atoms with Crippen molar-refractivity contribution >= 4 is 45.0 Å². The van der Waals surface area contributed by atoms with E-state index in [0.717, 1.165) is 0 Å². The van der Waals surface area contributed by atoms with Gasteiger partial charge in [-0.05, 0) is 61.4 Å². The lowest BCUT2D eigenvalue weighted by atomic mass is 10.1. The zero-order chi connectivity index (χ0) is 27.1. The molecule has 2 aromatic carbocycles. The summed E-state index contributed by atoms with van der Waals surface area (Å²) in [7, 11) is -3.73. The standard InChI is InChI=1S/C26H21Cl2FN6O3S/c27-17-13-18(28)15-21(14-17)39(36,37)34-9-6-20(7-10-34)31-25-30-8-5-22(32-25)24-23(16-1-3-19(29)4-2-16)33-26-35(24)11-12-38-26/h1-5,8,11-15,20H,6-7,9-10H2,(H,30,31,32). The van der Waals surface area contributed by atoms with Gasteiger partial charge < -0.3 is 9.73 Å². The number of rotatable bonds is 6. The predicted molar refractivity (Wildman–Crippen MR) is 146 cm³/mol. The molecule has 9 nitrogen and oxygen atoms in total. The highest BCUT2D eigenvalue weighted by molar-refractivity contribution is 7.89. The summed E-state index contributed by atoms with van der Waals surface area (Å²) >= 11 is 12.0. The lowest BCUT2D eigenvalue weighted by Crippen LogP contribution is -2.42. The Balaban J connectivity index is 1.21. The Bertz CT molecular complexity index is 1750. The van der Waals surface area contributed by atoms with Crippen LogP contribution in [-0.2, 0) is 10.0 Å². The van der Waals surface area contributed by atoms with Crippen molar-refractivity contribution in [2.75, 3.05) is 18.4 Å². The number of hydrogen-bond acceptors (Lipinski definition) is 7. The summed E-state index contributed by atoms with van der Waals surface area (Å²) < 4.78 is 48.5. The second-order valence-corrected chi connectivity index (χ2v) is 11.9. The molecule has 1 saturated heterocycles. The van der Waals surface area contributed by atoms with E-state index in [9.17, 15) is 12.8 Å². The number of anilines is 1. The van der Waals surface area contributed by atoms with E-state index >= 15 is 0 Å². The van der Waals surface area contributed by atoms with Gasteiger partial charge in [-0.2, -0.15) is 9.29 Å². The molecule has 6 rings (SSSR count). The van der Waals surface area contributed by atoms with Crippen LogP contribution in [0, 0.1) is 5.82 Å². The molecule has 1 aliphatic heterocycles. The molecule has 1 N–H and O–H groups in total. The van der Waals surface area contributed by atoms with E-state index in [2.05, 4.69) is 15.3 Å². The Labute approximate surface area is 233 Å². The number of oxazole rings is 1. The SMILES string of the molecule is O=S(=O)(c1cc(Cl)cc(Cl)c1)N1CCC(Nc2nccc(-c3c(-c4ccc(F)cc4)nc4occn34)n2)CC1. The van der Waals surface area contributed by atoms with Crippen molar-refractivity contribution < 1.29 is 17.2 Å². The Morgan fingerprint density at radius 3 is 2.44 bits per heavy atom. The van der Waals surface area contributed by atoms with Crippen molar-refractivity contribution in [1.82, 2.24) is 23.7 Å². The van der Waals surface area contributed by atoms with Crippen LogP contribution in [0.15, 0.2) is 76.5 Å². The second-order valence-electron chi connectivity index (χ2n) is 9.06. The number of benzene rings is 2. The molecule has 0 spiro atoms. The first-order valence-electron chi connectivity index (χ1n) is 12.1. The van der Waals surface area contributed by atoms with Crippen LogP contribution < -0.4 is 5.32 Å². The molecule has 0 bridgehead atoms. The molecule has 0 unspecified atom stereocenters. The molecule has 200 valence electrons. The van der Waals surface area contributed by atoms with E-state index in [1.165, 1.54) is 40.9 Å². The van der Waals surface area contributed by atoms with E-state index in [1.807, 2.05) is 0 Å². The number of fused-ring (bicyclic) bond motifs is 1. The van der Waals surface area contributed by atoms with Gasteiger partial charge in [0, 0.05) is 47.1 Å². The minimum Gasteiger partial charge on any atom is -0.432 e. The Hall–Kier alpha value is -3.51. The maximum Gasteiger partial charge on any atom is 0.306 e. The van der Waals surface area contributed by atoms with Gasteiger partial charge in [0.15, 0.2) is 0 Å². The van der Waals surface area contributed by atoms with E-state index in [-0.39, 0.29) is 26.8 Å². The highest BCUT2D eigenvalue weighted by atomic mass is 35.5. The van der Waals surface area contributed by atoms with Gasteiger partial charge in [0.05, 0.1) is 10.6 Å². The fourth-order valence-electron chi connectivity index (χ4n) is 4.65. The maximum atomic E-state index is 13.5. The molecule has 0 amide bonds. The van der Waals surface area contributed by atoms with Crippen molar-refractivity contribution in [3.8, 4) is 22.6 Å². The molecular weight excluding hydrogens is 566 g/mol. The number of piperidine rings is 1. The van der Waals surface area contributed by atoms with Crippen molar-refractivity contribution in [1.29, 1.82) is 0 Å². The van der Waals surface area contributed by atoms with Crippen molar-refractivity contribution in [2.45, 2.75) is 23.8 Å². The largest absolute Gasteiger partial charge is 0.432 e. The van der Waals surface area contributed by atoms with Crippen LogP contribution in [-0.4, -0.2) is 51.2 Å². The van der Waals surface area contributed by atoms with Gasteiger partial charge in [0.2, 0.25) is 16.0 Å². The monoisotopic (exact) mass is 586 g/mol. The number of sulfonamides is 1. The summed E-state index contributed by atoms with van der Waals surface area (Å²) in [6.45, 7) is 0.633. The van der Waals surface area contributed by atoms with E-state index in [1.54, 1.807) is 35.0 Å². The van der Waals surface area contributed by atoms with Gasteiger partial charge >= 0.3 is 5.84 Å². The molecule has 13 heteroatoms. The lowest BCUT2D eigenvalue weighted by Gasteiger charge is -2.31. The molecule has 0 radical (unpaired) electrons. The summed E-state index contributed by atoms with van der Waals surface area (Å²) in [6.07, 6.45) is 6.02. The molecule has 0 aliphatic carbocycles. The summed E-state index contributed by atoms with van der Waals surface area (Å²) in [5, 5.41) is 3.87. The maximum absolute atomic E-state index is 13.5. The molecule has 0 saturated carbocycles. The number of aromatic nitrogens is 4. The summed E-state index contributed by atoms with van der Waals surface area (Å²) in [4.78, 5) is 13.7. The highest BCUT2D eigenvalue weighted by Crippen LogP contribution is 2.33. The Kier molecular flexibility index (Phi) is 6.76. The van der Waals surface area contributed by atoms with Crippen LogP contribution >= 0.6 is 23.2 Å². The quantitative estimate of drug-likeness (QED) is 0.269. The third-order valence-electron chi connectivity index (χ3n) is 6.54. The molecule has 4 heterocycles. The van der Waals surface area contributed by atoms with E-state index in [0.29, 0.717) is 60.4 Å². The molecule has 5 aromatic rings. The molecule has 39 heavy (non-hydrogen) atoms. The molecule has 1 aliphatic rings. The molecule has 1 fully saturated rings. The van der Waals surface area contributed by atoms with Crippen LogP contribution in [0.4, 0.5) is 10.3 Å². The lowest BCUT2D eigenvalue weighted by molar-refractivity contribution is 0.329. The van der Waals surface area contributed by atoms with Gasteiger partial charge in [-0.25, -0.2) is 22.8 Å². The van der Waals surface area contributed by atoms with Crippen LogP contribution in [0.3, 0.4) is 0 Å². The van der Waals surface area contributed by atoms with Crippen LogP contribution in [0.1, 0.15) is 12.8 Å². The minimum atomic E-state index is -3.73. The average Bonchev–Trinajstić information content (AvgIpc) is 3.51. The minimum absolute atomic E-state index is 0.0365. The van der Waals surface area contributed by atoms with Gasteiger partial charge in [-0.1, -0.05) is 23.2 Å². The average molecular weight is 587 g/mol. The highest BCUT2D eigenvalue weighted by Gasteiger charge is 2.30. The zero-order valence-corrected chi connectivity index (χ0v) is 22.6. The third-order valence-corrected chi connectivity index (χ3v) is 8.85. The van der Waals surface area contributed by atoms with Gasteiger partial charge in [0.1, 0.15) is 23.5 Å². The van der Waals surface area contributed by atoms with Crippen molar-refractivity contribution in [3.05, 3.63) is 83.1 Å². The topological polar surface area (TPSA) is 106 Å². The van der Waals surface area contributed by atoms with Gasteiger partial charge in [-0.15, -0.1) is 0 Å². The number of hydrogen-bond donors (Lipinski definition) is 1. The van der Waals surface area contributed by atoms with Crippen LogP contribution in [0.25, 0.3) is 28.5 Å². The zero-order valence-electron chi connectivity index (χ0n) is 20.3. The number of halogens is 3. The van der Waals surface area contributed by atoms with E-state index in [4.69, 9.17) is 32.6 Å². The van der Waals surface area contributed by atoms with E-state index < -0.39 is 10.0 Å². The Morgan fingerprint density at radius 1 is 1.00 bits per heavy atom. The fourth-order valence-corrected chi connectivity index (χ4v) is 6.85. The van der Waals surface area contributed by atoms with Crippen molar-refractivity contribution in [3.63, 3.8) is 0 Å². The summed E-state index contributed by atoms with van der Waals surface area (Å²) in [5.74, 6) is 0.442. The smallest absolute Gasteiger partial charge is 0.306 e. The molecule has 0 atom stereocenters. The van der Waals surface area contributed by atoms with Crippen LogP contribution in [0.5, 0.6) is 0 Å². The van der Waals surface area contributed by atoms with Gasteiger partial charge in [0.25, 0.3) is 0 Å². The first kappa shape index (κ1) is 25.8. The summed E-state index contributed by atoms with van der Waals surface area (Å²) in [6, 6.07) is 12.1. The third kappa shape index (κ3) is 5.10. The first-order chi connectivity index (χ1) is 18.8. The van der Waals surface area contributed by atoms with Crippen LogP contribution in [0.2, 0.25) is 10.0 Å². The second kappa shape index (κ2) is 10.2. The number of imidazole rings is 1. The number of nitrogens with zero attached hydrogens (tertiary/aromatic N) is 5. The Morgan fingerprint density at radius 2 is 1.72 bits per heavy atom. The molecule has 3 aromatic heterocycles. The van der Waals surface area contributed by atoms with Crippen molar-refractivity contribution in [2.24, 2.45) is 0 Å². The summed E-state index contributed by atoms with van der Waals surface area (Å²) in [5.41, 5.74) is 2.59.